The fourth-order valence-corrected chi connectivity index (χ4v) is 2.86. The first-order valence-corrected chi connectivity index (χ1v) is 8.30. The molecule has 0 saturated heterocycles. The average Bonchev–Trinajstić information content (AvgIpc) is 2.53. The van der Waals surface area contributed by atoms with Gasteiger partial charge in [0.15, 0.2) is 0 Å². The molecule has 0 heterocycles. The first-order chi connectivity index (χ1) is 11.1. The Labute approximate surface area is 143 Å². The number of rotatable bonds is 7. The van der Waals surface area contributed by atoms with E-state index in [-0.39, 0.29) is 18.0 Å². The number of amides is 1. The van der Waals surface area contributed by atoms with Crippen LogP contribution in [-0.4, -0.2) is 23.1 Å². The number of benzene rings is 2. The number of para-hydroxylation sites is 1. The van der Waals surface area contributed by atoms with E-state index in [0.29, 0.717) is 22.9 Å². The highest BCUT2D eigenvalue weighted by Gasteiger charge is 2.14. The van der Waals surface area contributed by atoms with Gasteiger partial charge in [0.05, 0.1) is 11.3 Å². The first kappa shape index (κ1) is 17.3. The second kappa shape index (κ2) is 8.55. The quantitative estimate of drug-likeness (QED) is 0.357. The number of halogens is 1. The highest BCUT2D eigenvalue weighted by molar-refractivity contribution is 7.99. The minimum absolute atomic E-state index is 0.00274. The monoisotopic (exact) mass is 350 g/mol. The lowest BCUT2D eigenvalue weighted by Crippen LogP contribution is -2.27. The lowest BCUT2D eigenvalue weighted by molar-refractivity contribution is -0.385. The minimum atomic E-state index is -0.473. The van der Waals surface area contributed by atoms with Crippen LogP contribution in [0.4, 0.5) is 5.69 Å². The van der Waals surface area contributed by atoms with Crippen LogP contribution in [-0.2, 0) is 11.2 Å². The lowest BCUT2D eigenvalue weighted by Gasteiger charge is -2.06. The summed E-state index contributed by atoms with van der Waals surface area (Å²) in [6.07, 6.45) is 0.00274. The Morgan fingerprint density at radius 2 is 1.87 bits per heavy atom. The highest BCUT2D eigenvalue weighted by Crippen LogP contribution is 2.20. The van der Waals surface area contributed by atoms with Crippen LogP contribution in [0.15, 0.2) is 53.4 Å². The number of nitro groups is 1. The van der Waals surface area contributed by atoms with Gasteiger partial charge in [-0.1, -0.05) is 29.8 Å². The normalized spacial score (nSPS) is 10.3. The van der Waals surface area contributed by atoms with Crippen LogP contribution >= 0.6 is 23.4 Å². The molecular formula is C16H15ClN2O3S. The highest BCUT2D eigenvalue weighted by atomic mass is 35.5. The zero-order valence-corrected chi connectivity index (χ0v) is 13.8. The molecule has 2 rings (SSSR count). The Hall–Kier alpha value is -2.05. The Morgan fingerprint density at radius 1 is 1.17 bits per heavy atom. The number of carbonyl (C=O) groups excluding carboxylic acids is 1. The number of hydrogen-bond acceptors (Lipinski definition) is 4. The summed E-state index contributed by atoms with van der Waals surface area (Å²) in [6, 6.07) is 13.7. The van der Waals surface area contributed by atoms with Gasteiger partial charge in [-0.15, -0.1) is 11.8 Å². The van der Waals surface area contributed by atoms with Crippen LogP contribution in [0.3, 0.4) is 0 Å². The van der Waals surface area contributed by atoms with Crippen molar-refractivity contribution in [3.63, 3.8) is 0 Å². The van der Waals surface area contributed by atoms with Crippen LogP contribution < -0.4 is 5.32 Å². The molecule has 1 N–H and O–H groups in total. The van der Waals surface area contributed by atoms with Crippen molar-refractivity contribution >= 4 is 35.0 Å². The topological polar surface area (TPSA) is 72.2 Å². The van der Waals surface area contributed by atoms with Gasteiger partial charge in [-0.25, -0.2) is 0 Å². The standard InChI is InChI=1S/C16H15ClN2O3S/c17-13-5-7-14(8-6-13)23-10-9-18-16(20)11-12-3-1-2-4-15(12)19(21)22/h1-8H,9-11H2,(H,18,20). The molecule has 0 aromatic heterocycles. The summed E-state index contributed by atoms with van der Waals surface area (Å²) < 4.78 is 0. The number of nitrogens with one attached hydrogen (secondary N) is 1. The molecule has 0 aliphatic heterocycles. The Morgan fingerprint density at radius 3 is 2.57 bits per heavy atom. The van der Waals surface area contributed by atoms with Gasteiger partial charge in [-0.2, -0.15) is 0 Å². The number of thioether (sulfide) groups is 1. The minimum Gasteiger partial charge on any atom is -0.355 e. The van der Waals surface area contributed by atoms with Gasteiger partial charge >= 0.3 is 0 Å². The molecule has 0 aliphatic rings. The molecule has 1 amide bonds. The predicted molar refractivity (Wildman–Crippen MR) is 92.0 cm³/mol. The van der Waals surface area contributed by atoms with E-state index in [2.05, 4.69) is 5.32 Å². The van der Waals surface area contributed by atoms with Crippen molar-refractivity contribution < 1.29 is 9.72 Å². The van der Waals surface area contributed by atoms with Gasteiger partial charge in [0.2, 0.25) is 5.91 Å². The molecule has 5 nitrogen and oxygen atoms in total. The van der Waals surface area contributed by atoms with E-state index in [0.717, 1.165) is 4.90 Å². The van der Waals surface area contributed by atoms with E-state index < -0.39 is 4.92 Å². The Kier molecular flexibility index (Phi) is 6.43. The molecular weight excluding hydrogens is 336 g/mol. The molecule has 0 atom stereocenters. The van der Waals surface area contributed by atoms with Crippen molar-refractivity contribution in [2.75, 3.05) is 12.3 Å². The van der Waals surface area contributed by atoms with Crippen molar-refractivity contribution in [2.24, 2.45) is 0 Å². The fourth-order valence-electron chi connectivity index (χ4n) is 1.96. The van der Waals surface area contributed by atoms with Crippen LogP contribution in [0.25, 0.3) is 0 Å². The number of carbonyl (C=O) groups is 1. The largest absolute Gasteiger partial charge is 0.355 e. The fraction of sp³-hybridized carbons (Fsp3) is 0.188. The number of nitro benzene ring substituents is 1. The molecule has 23 heavy (non-hydrogen) atoms. The molecule has 7 heteroatoms. The average molecular weight is 351 g/mol. The van der Waals surface area contributed by atoms with Crippen molar-refractivity contribution in [2.45, 2.75) is 11.3 Å². The SMILES string of the molecule is O=C(Cc1ccccc1[N+](=O)[O-])NCCSc1ccc(Cl)cc1. The zero-order valence-electron chi connectivity index (χ0n) is 12.2. The summed E-state index contributed by atoms with van der Waals surface area (Å²) in [7, 11) is 0. The predicted octanol–water partition coefficient (Wildman–Crippen LogP) is 3.70. The maximum absolute atomic E-state index is 11.9. The maximum atomic E-state index is 11.9. The smallest absolute Gasteiger partial charge is 0.273 e. The van der Waals surface area contributed by atoms with Crippen LogP contribution in [0.5, 0.6) is 0 Å². The van der Waals surface area contributed by atoms with Gasteiger partial charge in [0.25, 0.3) is 5.69 Å². The van der Waals surface area contributed by atoms with Gasteiger partial charge in [-0.3, -0.25) is 14.9 Å². The van der Waals surface area contributed by atoms with E-state index >= 15 is 0 Å². The van der Waals surface area contributed by atoms with Gasteiger partial charge in [-0.05, 0) is 24.3 Å². The van der Waals surface area contributed by atoms with Crippen LogP contribution in [0, 0.1) is 10.1 Å². The molecule has 0 bridgehead atoms. The van der Waals surface area contributed by atoms with Crippen molar-refractivity contribution in [1.82, 2.24) is 5.32 Å². The third-order valence-electron chi connectivity index (χ3n) is 3.05. The second-order valence-corrected chi connectivity index (χ2v) is 6.32. The van der Waals surface area contributed by atoms with Crippen molar-refractivity contribution in [3.8, 4) is 0 Å². The van der Waals surface area contributed by atoms with Crippen LogP contribution in [0.1, 0.15) is 5.56 Å². The molecule has 0 unspecified atom stereocenters. The molecule has 2 aromatic rings. The summed E-state index contributed by atoms with van der Waals surface area (Å²) in [4.78, 5) is 23.4. The van der Waals surface area contributed by atoms with Gasteiger partial charge < -0.3 is 5.32 Å². The van der Waals surface area contributed by atoms with E-state index in [9.17, 15) is 14.9 Å². The van der Waals surface area contributed by atoms with E-state index in [1.807, 2.05) is 24.3 Å². The van der Waals surface area contributed by atoms with E-state index in [1.165, 1.54) is 6.07 Å². The molecule has 0 radical (unpaired) electrons. The molecule has 2 aromatic carbocycles. The zero-order chi connectivity index (χ0) is 16.7. The van der Waals surface area contributed by atoms with Crippen LogP contribution in [0.2, 0.25) is 5.02 Å². The third kappa shape index (κ3) is 5.58. The summed E-state index contributed by atoms with van der Waals surface area (Å²) in [5.74, 6) is 0.487. The van der Waals surface area contributed by atoms with E-state index in [4.69, 9.17) is 11.6 Å². The van der Waals surface area contributed by atoms with E-state index in [1.54, 1.807) is 30.0 Å². The second-order valence-electron chi connectivity index (χ2n) is 4.71. The Bertz CT molecular complexity index is 692. The maximum Gasteiger partial charge on any atom is 0.273 e. The number of nitrogens with zero attached hydrogens (tertiary/aromatic N) is 1. The third-order valence-corrected chi connectivity index (χ3v) is 4.31. The first-order valence-electron chi connectivity index (χ1n) is 6.93. The van der Waals surface area contributed by atoms with Gasteiger partial charge in [0, 0.05) is 33.8 Å². The molecule has 0 aliphatic carbocycles. The Balaban J connectivity index is 1.77. The molecule has 120 valence electrons. The molecule has 0 fully saturated rings. The lowest BCUT2D eigenvalue weighted by atomic mass is 10.1. The summed E-state index contributed by atoms with van der Waals surface area (Å²) in [5.41, 5.74) is 0.388. The molecule has 0 saturated carbocycles. The summed E-state index contributed by atoms with van der Waals surface area (Å²) >= 11 is 7.42. The molecule has 0 spiro atoms. The van der Waals surface area contributed by atoms with Crippen molar-refractivity contribution in [1.29, 1.82) is 0 Å². The number of hydrogen-bond donors (Lipinski definition) is 1. The van der Waals surface area contributed by atoms with Gasteiger partial charge in [0.1, 0.15) is 0 Å². The summed E-state index contributed by atoms with van der Waals surface area (Å²) in [5, 5.41) is 14.4. The van der Waals surface area contributed by atoms with Crippen molar-refractivity contribution in [3.05, 3.63) is 69.2 Å². The summed E-state index contributed by atoms with van der Waals surface area (Å²) in [6.45, 7) is 0.493.